The van der Waals surface area contributed by atoms with Crippen molar-refractivity contribution in [1.29, 1.82) is 5.26 Å². The highest BCUT2D eigenvalue weighted by Gasteiger charge is 2.23. The zero-order chi connectivity index (χ0) is 16.1. The number of nitriles is 1. The molecule has 22 heavy (non-hydrogen) atoms. The first-order chi connectivity index (χ1) is 10.5. The first kappa shape index (κ1) is 16.4. The van der Waals surface area contributed by atoms with Gasteiger partial charge in [0, 0.05) is 4.47 Å². The molecule has 0 saturated carbocycles. The van der Waals surface area contributed by atoms with E-state index in [1.165, 1.54) is 0 Å². The number of hydrogen-bond donors (Lipinski definition) is 1. The zero-order valence-electron chi connectivity index (χ0n) is 11.5. The Bertz CT molecular complexity index is 753. The van der Waals surface area contributed by atoms with E-state index in [1.807, 2.05) is 30.3 Å². The normalized spacial score (nSPS) is 11.7. The van der Waals surface area contributed by atoms with Crippen LogP contribution in [0.3, 0.4) is 0 Å². The summed E-state index contributed by atoms with van der Waals surface area (Å²) in [6, 6.07) is 9.33. The Morgan fingerprint density at radius 2 is 2.23 bits per heavy atom. The predicted molar refractivity (Wildman–Crippen MR) is 84.3 cm³/mol. The van der Waals surface area contributed by atoms with Crippen LogP contribution in [0.25, 0.3) is 11.5 Å². The average Bonchev–Trinajstić information content (AvgIpc) is 2.94. The Balaban J connectivity index is 2.05. The Morgan fingerprint density at radius 1 is 1.50 bits per heavy atom. The summed E-state index contributed by atoms with van der Waals surface area (Å²) in [6.07, 6.45) is 0. The molecule has 0 bridgehead atoms. The third kappa shape index (κ3) is 3.82. The Hall–Kier alpha value is -1.95. The van der Waals surface area contributed by atoms with Gasteiger partial charge in [0.25, 0.3) is 5.22 Å². The van der Waals surface area contributed by atoms with E-state index in [2.05, 4.69) is 38.4 Å². The minimum atomic E-state index is -0.904. The molecule has 0 radical (unpaired) electrons. The largest absolute Gasteiger partial charge is 0.411 e. The number of carbonyl (C=O) groups excluding carboxylic acids is 1. The van der Waals surface area contributed by atoms with Crippen molar-refractivity contribution in [1.82, 2.24) is 10.2 Å². The molecule has 0 spiro atoms. The van der Waals surface area contributed by atoms with Gasteiger partial charge in [-0.25, -0.2) is 0 Å². The van der Waals surface area contributed by atoms with Crippen molar-refractivity contribution in [3.63, 3.8) is 0 Å². The first-order valence-corrected chi connectivity index (χ1v) is 7.95. The van der Waals surface area contributed by atoms with Crippen molar-refractivity contribution in [2.75, 3.05) is 5.75 Å². The van der Waals surface area contributed by atoms with E-state index in [0.29, 0.717) is 5.89 Å². The monoisotopic (exact) mass is 379 g/mol. The zero-order valence-corrected chi connectivity index (χ0v) is 13.9. The molecule has 0 aliphatic rings. The molecule has 6 nitrogen and oxygen atoms in total. The summed E-state index contributed by atoms with van der Waals surface area (Å²) in [7, 11) is 0. The number of Topliss-reactive ketones (excluding diaryl/α,β-unsaturated/α-hetero) is 1. The number of allylic oxidation sites excluding steroid dienone is 1. The smallest absolute Gasteiger partial charge is 0.277 e. The van der Waals surface area contributed by atoms with Gasteiger partial charge in [0.2, 0.25) is 5.89 Å². The molecule has 1 aromatic carbocycles. The van der Waals surface area contributed by atoms with Gasteiger partial charge >= 0.3 is 0 Å². The highest BCUT2D eigenvalue weighted by molar-refractivity contribution is 9.10. The first-order valence-electron chi connectivity index (χ1n) is 6.17. The fourth-order valence-corrected chi connectivity index (χ4v) is 2.74. The van der Waals surface area contributed by atoms with Crippen molar-refractivity contribution in [3.8, 4) is 17.5 Å². The second kappa shape index (κ2) is 7.35. The number of ketones is 1. The molecule has 0 unspecified atom stereocenters. The number of quaternary nitrogens is 1. The fourth-order valence-electron chi connectivity index (χ4n) is 1.62. The molecule has 0 amide bonds. The molecule has 112 valence electrons. The van der Waals surface area contributed by atoms with Gasteiger partial charge in [-0.3, -0.25) is 4.79 Å². The van der Waals surface area contributed by atoms with E-state index in [0.717, 1.165) is 21.8 Å². The Kier molecular flexibility index (Phi) is 5.49. The highest BCUT2D eigenvalue weighted by atomic mass is 79.9. The van der Waals surface area contributed by atoms with Crippen LogP contribution in [0.5, 0.6) is 0 Å². The summed E-state index contributed by atoms with van der Waals surface area (Å²) in [5, 5.41) is 17.0. The van der Waals surface area contributed by atoms with Gasteiger partial charge in [-0.15, -0.1) is 10.2 Å². The van der Waals surface area contributed by atoms with Crippen LogP contribution in [0, 0.1) is 17.2 Å². The molecule has 0 saturated heterocycles. The number of halogens is 1. The highest BCUT2D eigenvalue weighted by Crippen LogP contribution is 2.29. The topological polar surface area (TPSA) is 107 Å². The Morgan fingerprint density at radius 3 is 2.86 bits per heavy atom. The van der Waals surface area contributed by atoms with Crippen LogP contribution in [0.2, 0.25) is 0 Å². The van der Waals surface area contributed by atoms with Crippen LogP contribution in [-0.2, 0) is 4.79 Å². The summed E-state index contributed by atoms with van der Waals surface area (Å²) >= 11 is 4.49. The minimum Gasteiger partial charge on any atom is -0.411 e. The van der Waals surface area contributed by atoms with Gasteiger partial charge in [0.15, 0.2) is 11.7 Å². The minimum absolute atomic E-state index is 0.0460. The molecule has 3 N–H and O–H groups in total. The lowest BCUT2D eigenvalue weighted by atomic mass is 10.1. The molecule has 2 aromatic rings. The van der Waals surface area contributed by atoms with Crippen LogP contribution >= 0.6 is 27.7 Å². The second-order valence-electron chi connectivity index (χ2n) is 4.33. The number of aromatic nitrogens is 2. The lowest BCUT2D eigenvalue weighted by Crippen LogP contribution is -2.51. The second-order valence-corrected chi connectivity index (χ2v) is 6.11. The van der Waals surface area contributed by atoms with Gasteiger partial charge < -0.3 is 10.2 Å². The molecule has 0 aliphatic carbocycles. The molecule has 1 aromatic heterocycles. The summed E-state index contributed by atoms with van der Waals surface area (Å²) < 4.78 is 6.35. The lowest BCUT2D eigenvalue weighted by Gasteiger charge is -2.02. The molecule has 1 atom stereocenters. The van der Waals surface area contributed by atoms with Crippen molar-refractivity contribution in [2.45, 2.75) is 5.22 Å². The lowest BCUT2D eigenvalue weighted by molar-refractivity contribution is -0.309. The van der Waals surface area contributed by atoms with Gasteiger partial charge in [-0.1, -0.05) is 23.9 Å². The summed E-state index contributed by atoms with van der Waals surface area (Å²) in [4.78, 5) is 11.9. The molecule has 1 heterocycles. The molecule has 8 heteroatoms. The third-order valence-corrected chi connectivity index (χ3v) is 4.24. The third-order valence-electron chi connectivity index (χ3n) is 2.71. The van der Waals surface area contributed by atoms with Gasteiger partial charge in [0.05, 0.1) is 17.4 Å². The van der Waals surface area contributed by atoms with E-state index in [9.17, 15) is 4.79 Å². The summed E-state index contributed by atoms with van der Waals surface area (Å²) in [5.74, 6) is -0.781. The molecular weight excluding hydrogens is 368 g/mol. The SMILES string of the molecule is C=C([NH3+])[C@H](C#N)C(=O)CSc1nnc(-c2ccccc2Br)o1. The quantitative estimate of drug-likeness (QED) is 0.769. The fraction of sp³-hybridized carbons (Fsp3) is 0.143. The average molecular weight is 380 g/mol. The van der Waals surface area contributed by atoms with Gasteiger partial charge in [-0.05, 0) is 34.6 Å². The number of thioether (sulfide) groups is 1. The molecular formula is C14H12BrN4O2S+. The van der Waals surface area contributed by atoms with Gasteiger partial charge in [-0.2, -0.15) is 5.26 Å². The Labute approximate surface area is 139 Å². The van der Waals surface area contributed by atoms with Crippen molar-refractivity contribution in [3.05, 3.63) is 41.0 Å². The van der Waals surface area contributed by atoms with Crippen molar-refractivity contribution >= 4 is 33.5 Å². The number of nitrogens with zero attached hydrogens (tertiary/aromatic N) is 3. The van der Waals surface area contributed by atoms with E-state index < -0.39 is 5.92 Å². The molecule has 2 rings (SSSR count). The van der Waals surface area contributed by atoms with E-state index in [-0.39, 0.29) is 22.5 Å². The van der Waals surface area contributed by atoms with Gasteiger partial charge in [0.1, 0.15) is 5.70 Å². The van der Waals surface area contributed by atoms with Crippen LogP contribution in [0.1, 0.15) is 0 Å². The maximum atomic E-state index is 11.9. The maximum absolute atomic E-state index is 11.9. The molecule has 0 fully saturated rings. The number of rotatable bonds is 6. The van der Waals surface area contributed by atoms with Crippen molar-refractivity contribution in [2.24, 2.45) is 5.92 Å². The van der Waals surface area contributed by atoms with Crippen molar-refractivity contribution < 1.29 is 14.9 Å². The summed E-state index contributed by atoms with van der Waals surface area (Å²) in [6.45, 7) is 3.54. The molecule has 0 aliphatic heterocycles. The van der Waals surface area contributed by atoms with Crippen LogP contribution in [0.15, 0.2) is 50.7 Å². The predicted octanol–water partition coefficient (Wildman–Crippen LogP) is 2.06. The maximum Gasteiger partial charge on any atom is 0.277 e. The summed E-state index contributed by atoms with van der Waals surface area (Å²) in [5.41, 5.74) is 4.59. The van der Waals surface area contributed by atoms with Crippen LogP contribution in [0.4, 0.5) is 0 Å². The standard InChI is InChI=1S/C14H11BrN4O2S/c1-8(17)10(6-16)12(20)7-22-14-19-18-13(21-14)9-4-2-3-5-11(9)15/h2-5,10H,1,7,17H2/p+1/t10-/m0/s1. The number of carbonyl (C=O) groups is 1. The van der Waals surface area contributed by atoms with Crippen LogP contribution < -0.4 is 5.73 Å². The van der Waals surface area contributed by atoms with E-state index in [4.69, 9.17) is 9.68 Å². The van der Waals surface area contributed by atoms with Crippen LogP contribution in [-0.4, -0.2) is 21.7 Å². The van der Waals surface area contributed by atoms with E-state index in [1.54, 1.807) is 0 Å². The number of benzene rings is 1. The number of hydrogen-bond acceptors (Lipinski definition) is 6. The van der Waals surface area contributed by atoms with E-state index >= 15 is 0 Å².